The van der Waals surface area contributed by atoms with Gasteiger partial charge in [0.05, 0.1) is 12.7 Å². The molecule has 0 aromatic rings. The number of rotatable bonds is 16. The normalized spacial score (nSPS) is 16.3. The average molecular weight is 380 g/mol. The lowest BCUT2D eigenvalue weighted by atomic mass is 10.2. The van der Waals surface area contributed by atoms with E-state index in [0.717, 1.165) is 51.9 Å². The van der Waals surface area contributed by atoms with E-state index < -0.39 is 0 Å². The molecule has 0 saturated carbocycles. The Bertz CT molecular complexity index is 437. The van der Waals surface area contributed by atoms with Crippen molar-refractivity contribution in [3.8, 4) is 0 Å². The third kappa shape index (κ3) is 14.1. The first-order chi connectivity index (χ1) is 13.2. The van der Waals surface area contributed by atoms with E-state index in [-0.39, 0.29) is 11.8 Å². The minimum Gasteiger partial charge on any atom is -0.372 e. The highest BCUT2D eigenvalue weighted by molar-refractivity contribution is 5.76. The summed E-state index contributed by atoms with van der Waals surface area (Å²) in [5, 5.41) is 5.94. The quantitative estimate of drug-likeness (QED) is 0.319. The van der Waals surface area contributed by atoms with Crippen molar-refractivity contribution in [3.63, 3.8) is 0 Å². The number of nitrogens with one attached hydrogen (secondary N) is 2. The van der Waals surface area contributed by atoms with Gasteiger partial charge in [-0.25, -0.2) is 0 Å². The number of carbonyl (C=O) groups excluding carboxylic acids is 2. The minimum atomic E-state index is 0.0896. The van der Waals surface area contributed by atoms with Gasteiger partial charge in [-0.2, -0.15) is 0 Å². The van der Waals surface area contributed by atoms with E-state index in [4.69, 9.17) is 4.74 Å². The first kappa shape index (κ1) is 23.4. The second-order valence-corrected chi connectivity index (χ2v) is 6.79. The summed E-state index contributed by atoms with van der Waals surface area (Å²) in [4.78, 5) is 25.9. The van der Waals surface area contributed by atoms with Crippen molar-refractivity contribution in [2.24, 2.45) is 0 Å². The molecule has 0 aromatic carbocycles. The smallest absolute Gasteiger partial charge is 0.220 e. The molecule has 1 fully saturated rings. The second kappa shape index (κ2) is 15.4. The van der Waals surface area contributed by atoms with Crippen LogP contribution in [0.4, 0.5) is 0 Å². The van der Waals surface area contributed by atoms with Crippen LogP contribution in [-0.4, -0.2) is 62.1 Å². The molecule has 1 aliphatic heterocycles. The van der Waals surface area contributed by atoms with Gasteiger partial charge in [0.25, 0.3) is 0 Å². The van der Waals surface area contributed by atoms with Crippen LogP contribution in [0.5, 0.6) is 0 Å². The fourth-order valence-corrected chi connectivity index (χ4v) is 2.64. The van der Waals surface area contributed by atoms with E-state index in [2.05, 4.69) is 53.7 Å². The highest BCUT2D eigenvalue weighted by Crippen LogP contribution is 2.10. The van der Waals surface area contributed by atoms with E-state index in [0.29, 0.717) is 32.0 Å². The van der Waals surface area contributed by atoms with E-state index >= 15 is 0 Å². The molecular weight excluding hydrogens is 342 g/mol. The van der Waals surface area contributed by atoms with E-state index in [9.17, 15) is 9.59 Å². The summed E-state index contributed by atoms with van der Waals surface area (Å²) in [5.41, 5.74) is 0. The van der Waals surface area contributed by atoms with Gasteiger partial charge in [-0.1, -0.05) is 38.2 Å². The Kier molecular flexibility index (Phi) is 13.3. The van der Waals surface area contributed by atoms with Crippen LogP contribution in [-0.2, 0) is 14.3 Å². The van der Waals surface area contributed by atoms with Crippen LogP contribution in [0.2, 0.25) is 0 Å². The predicted octanol–water partition coefficient (Wildman–Crippen LogP) is 2.41. The summed E-state index contributed by atoms with van der Waals surface area (Å²) in [6.45, 7) is 8.61. The molecule has 0 aromatic heterocycles. The van der Waals surface area contributed by atoms with E-state index in [1.165, 1.54) is 0 Å². The average Bonchev–Trinajstić information content (AvgIpc) is 3.46. The molecule has 6 heteroatoms. The highest BCUT2D eigenvalue weighted by Gasteiger charge is 2.25. The van der Waals surface area contributed by atoms with Crippen LogP contribution in [0.25, 0.3) is 0 Å². The van der Waals surface area contributed by atoms with Gasteiger partial charge in [-0.15, -0.1) is 0 Å². The predicted molar refractivity (Wildman–Crippen MR) is 110 cm³/mol. The monoisotopic (exact) mass is 379 g/mol. The van der Waals surface area contributed by atoms with Crippen molar-refractivity contribution in [3.05, 3.63) is 24.3 Å². The molecule has 1 atom stereocenters. The maximum absolute atomic E-state index is 11.8. The number of epoxide rings is 1. The van der Waals surface area contributed by atoms with Crippen molar-refractivity contribution in [2.45, 2.75) is 58.5 Å². The molecule has 0 radical (unpaired) electrons. The van der Waals surface area contributed by atoms with Crippen LogP contribution in [0.1, 0.15) is 52.4 Å². The first-order valence-electron chi connectivity index (χ1n) is 10.3. The van der Waals surface area contributed by atoms with Crippen LogP contribution in [0, 0.1) is 0 Å². The number of allylic oxidation sites excluding steroid dienone is 4. The van der Waals surface area contributed by atoms with Crippen LogP contribution >= 0.6 is 0 Å². The molecule has 1 heterocycles. The lowest BCUT2D eigenvalue weighted by Gasteiger charge is -2.21. The van der Waals surface area contributed by atoms with Crippen molar-refractivity contribution in [2.75, 3.05) is 39.3 Å². The Morgan fingerprint density at radius 2 is 1.41 bits per heavy atom. The third-order valence-corrected chi connectivity index (χ3v) is 4.25. The number of ether oxygens (including phenoxy) is 1. The third-order valence-electron chi connectivity index (χ3n) is 4.25. The summed E-state index contributed by atoms with van der Waals surface area (Å²) in [6, 6.07) is 0. The Morgan fingerprint density at radius 3 is 1.81 bits per heavy atom. The molecule has 1 saturated heterocycles. The van der Waals surface area contributed by atoms with Crippen LogP contribution in [0.15, 0.2) is 24.3 Å². The van der Waals surface area contributed by atoms with Crippen LogP contribution < -0.4 is 10.6 Å². The molecule has 0 spiro atoms. The molecule has 0 bridgehead atoms. The van der Waals surface area contributed by atoms with Gasteiger partial charge < -0.3 is 15.4 Å². The number of nitrogens with zero attached hydrogens (tertiary/aromatic N) is 1. The number of hydrogen-bond donors (Lipinski definition) is 2. The Morgan fingerprint density at radius 1 is 0.926 bits per heavy atom. The second-order valence-electron chi connectivity index (χ2n) is 6.79. The molecule has 2 N–H and O–H groups in total. The maximum atomic E-state index is 11.8. The molecular formula is C21H37N3O3. The van der Waals surface area contributed by atoms with Gasteiger partial charge in [0, 0.05) is 45.6 Å². The summed E-state index contributed by atoms with van der Waals surface area (Å²) in [6.07, 6.45) is 13.2. The standard InChI is InChI=1S/C21H37N3O3/c1-3-5-7-9-11-20(25)22-13-15-24(17-19-18-27-19)16-14-23-21(26)12-10-8-6-4-2/h5-8,19H,3-4,9-18H2,1-2H3,(H,22,25)(H,23,26)/b7-5+,8-6+. The van der Waals surface area contributed by atoms with Crippen molar-refractivity contribution < 1.29 is 14.3 Å². The molecule has 0 aliphatic carbocycles. The van der Waals surface area contributed by atoms with Crippen molar-refractivity contribution >= 4 is 11.8 Å². The Labute approximate surface area is 164 Å². The zero-order chi connectivity index (χ0) is 19.7. The number of amides is 2. The topological polar surface area (TPSA) is 74.0 Å². The zero-order valence-corrected chi connectivity index (χ0v) is 17.0. The van der Waals surface area contributed by atoms with Gasteiger partial charge in [-0.3, -0.25) is 14.5 Å². The van der Waals surface area contributed by atoms with Crippen LogP contribution in [0.3, 0.4) is 0 Å². The van der Waals surface area contributed by atoms with Crippen molar-refractivity contribution in [1.82, 2.24) is 15.5 Å². The zero-order valence-electron chi connectivity index (χ0n) is 17.0. The Hall–Kier alpha value is -1.66. The van der Waals surface area contributed by atoms with E-state index in [1.54, 1.807) is 0 Å². The summed E-state index contributed by atoms with van der Waals surface area (Å²) in [7, 11) is 0. The van der Waals surface area contributed by atoms with Gasteiger partial charge in [0.1, 0.15) is 0 Å². The summed E-state index contributed by atoms with van der Waals surface area (Å²) in [5.74, 6) is 0.179. The minimum absolute atomic E-state index is 0.0896. The number of carbonyl (C=O) groups is 2. The van der Waals surface area contributed by atoms with Gasteiger partial charge >= 0.3 is 0 Å². The molecule has 1 rings (SSSR count). The fourth-order valence-electron chi connectivity index (χ4n) is 2.64. The molecule has 6 nitrogen and oxygen atoms in total. The largest absolute Gasteiger partial charge is 0.372 e. The SMILES string of the molecule is CC/C=C/CCC(=O)NCCN(CCNC(=O)CC/C=C/CC)CC1CO1. The summed E-state index contributed by atoms with van der Waals surface area (Å²) >= 11 is 0. The number of hydrogen-bond acceptors (Lipinski definition) is 4. The molecule has 1 aliphatic rings. The first-order valence-corrected chi connectivity index (χ1v) is 10.3. The highest BCUT2D eigenvalue weighted by atomic mass is 16.6. The van der Waals surface area contributed by atoms with Gasteiger partial charge in [0.15, 0.2) is 0 Å². The fraction of sp³-hybridized carbons (Fsp3) is 0.714. The summed E-state index contributed by atoms with van der Waals surface area (Å²) < 4.78 is 5.31. The maximum Gasteiger partial charge on any atom is 0.220 e. The molecule has 154 valence electrons. The lowest BCUT2D eigenvalue weighted by molar-refractivity contribution is -0.121. The Balaban J connectivity index is 2.16. The molecule has 27 heavy (non-hydrogen) atoms. The van der Waals surface area contributed by atoms with Gasteiger partial charge in [-0.05, 0) is 25.7 Å². The van der Waals surface area contributed by atoms with Gasteiger partial charge in [0.2, 0.25) is 11.8 Å². The molecule has 1 unspecified atom stereocenters. The van der Waals surface area contributed by atoms with Crippen molar-refractivity contribution in [1.29, 1.82) is 0 Å². The molecule has 2 amide bonds. The lowest BCUT2D eigenvalue weighted by Crippen LogP contribution is -2.41. The van der Waals surface area contributed by atoms with E-state index in [1.807, 2.05) is 0 Å².